The first-order valence-electron chi connectivity index (χ1n) is 9.03. The van der Waals surface area contributed by atoms with Gasteiger partial charge in [-0.1, -0.05) is 6.07 Å². The average molecular weight is 363 g/mol. The van der Waals surface area contributed by atoms with Gasteiger partial charge in [0, 0.05) is 55.2 Å². The lowest BCUT2D eigenvalue weighted by atomic mass is 9.85. The van der Waals surface area contributed by atoms with Crippen LogP contribution in [0.5, 0.6) is 0 Å². The van der Waals surface area contributed by atoms with Crippen LogP contribution in [0.1, 0.15) is 22.7 Å². The Labute approximate surface area is 157 Å². The number of thiazole rings is 1. The van der Waals surface area contributed by atoms with Crippen molar-refractivity contribution in [2.45, 2.75) is 24.9 Å². The minimum atomic E-state index is 0.135. The summed E-state index contributed by atoms with van der Waals surface area (Å²) in [6.45, 7) is 5.03. The van der Waals surface area contributed by atoms with Gasteiger partial charge in [-0.15, -0.1) is 11.3 Å². The zero-order valence-corrected chi connectivity index (χ0v) is 15.4. The van der Waals surface area contributed by atoms with Crippen LogP contribution in [0, 0.1) is 0 Å². The van der Waals surface area contributed by atoms with Gasteiger partial charge in [-0.25, -0.2) is 4.98 Å². The van der Waals surface area contributed by atoms with E-state index in [1.165, 1.54) is 22.0 Å². The van der Waals surface area contributed by atoms with Gasteiger partial charge in [0.15, 0.2) is 0 Å². The molecule has 1 spiro atoms. The topological polar surface area (TPSA) is 45.2 Å². The molecular weight excluding hydrogens is 342 g/mol. The first-order valence-corrected chi connectivity index (χ1v) is 9.90. The van der Waals surface area contributed by atoms with Crippen LogP contribution in [0.2, 0.25) is 0 Å². The lowest BCUT2D eigenvalue weighted by molar-refractivity contribution is 0.304. The van der Waals surface area contributed by atoms with Crippen LogP contribution >= 0.6 is 11.3 Å². The monoisotopic (exact) mass is 363 g/mol. The molecule has 5 nitrogen and oxygen atoms in total. The smallest absolute Gasteiger partial charge is 0.107 e. The molecule has 0 N–H and O–H groups in total. The molecule has 0 amide bonds. The van der Waals surface area contributed by atoms with E-state index in [0.717, 1.165) is 39.1 Å². The second-order valence-corrected chi connectivity index (χ2v) is 8.23. The highest BCUT2D eigenvalue weighted by Gasteiger charge is 2.48. The number of nitrogens with zero attached hydrogens (tertiary/aromatic N) is 5. The highest BCUT2D eigenvalue weighted by atomic mass is 32.1. The molecule has 0 bridgehead atoms. The summed E-state index contributed by atoms with van der Waals surface area (Å²) in [5.41, 5.74) is 3.94. The summed E-state index contributed by atoms with van der Waals surface area (Å²) in [5.74, 6) is 0. The van der Waals surface area contributed by atoms with Crippen molar-refractivity contribution in [1.29, 1.82) is 0 Å². The Bertz CT molecular complexity index is 882. The molecule has 1 unspecified atom stereocenters. The lowest BCUT2D eigenvalue weighted by Crippen LogP contribution is -2.36. The molecule has 5 heterocycles. The summed E-state index contributed by atoms with van der Waals surface area (Å²) in [7, 11) is 0. The molecule has 5 rings (SSSR count). The fourth-order valence-electron chi connectivity index (χ4n) is 4.38. The third-order valence-corrected chi connectivity index (χ3v) is 6.26. The predicted octanol–water partition coefficient (Wildman–Crippen LogP) is 3.10. The molecule has 3 aromatic rings. The molecule has 1 saturated heterocycles. The zero-order chi connectivity index (χ0) is 17.4. The van der Waals surface area contributed by atoms with Crippen molar-refractivity contribution in [3.63, 3.8) is 0 Å². The SMILES string of the molecule is c1cncc(CN2CC3(CCN(Cc4nccs4)C3)c3ncccc32)c1. The second-order valence-electron chi connectivity index (χ2n) is 7.26. The Balaban J connectivity index is 1.40. The van der Waals surface area contributed by atoms with Crippen LogP contribution in [0.25, 0.3) is 0 Å². The zero-order valence-electron chi connectivity index (χ0n) is 14.6. The second kappa shape index (κ2) is 6.45. The summed E-state index contributed by atoms with van der Waals surface area (Å²) in [6, 6.07) is 8.43. The number of anilines is 1. The molecule has 1 atom stereocenters. The number of hydrogen-bond donors (Lipinski definition) is 0. The van der Waals surface area contributed by atoms with Crippen molar-refractivity contribution < 1.29 is 0 Å². The molecule has 0 radical (unpaired) electrons. The van der Waals surface area contributed by atoms with Gasteiger partial charge < -0.3 is 4.90 Å². The van der Waals surface area contributed by atoms with Gasteiger partial charge in [0.25, 0.3) is 0 Å². The lowest BCUT2D eigenvalue weighted by Gasteiger charge is -2.25. The van der Waals surface area contributed by atoms with Crippen LogP contribution in [0.4, 0.5) is 5.69 Å². The predicted molar refractivity (Wildman–Crippen MR) is 103 cm³/mol. The van der Waals surface area contributed by atoms with Crippen molar-refractivity contribution in [2.75, 3.05) is 24.5 Å². The van der Waals surface area contributed by atoms with E-state index >= 15 is 0 Å². The van der Waals surface area contributed by atoms with E-state index in [4.69, 9.17) is 4.98 Å². The van der Waals surface area contributed by atoms with Gasteiger partial charge in [-0.05, 0) is 36.7 Å². The Morgan fingerprint density at radius 3 is 2.85 bits per heavy atom. The molecule has 26 heavy (non-hydrogen) atoms. The van der Waals surface area contributed by atoms with Gasteiger partial charge in [0.1, 0.15) is 5.01 Å². The molecular formula is C20H21N5S. The minimum absolute atomic E-state index is 0.135. The molecule has 0 saturated carbocycles. The molecule has 0 aromatic carbocycles. The first kappa shape index (κ1) is 15.9. The van der Waals surface area contributed by atoms with Gasteiger partial charge in [0.2, 0.25) is 0 Å². The number of aromatic nitrogens is 3. The molecule has 6 heteroatoms. The summed E-state index contributed by atoms with van der Waals surface area (Å²) < 4.78 is 0. The molecule has 3 aromatic heterocycles. The van der Waals surface area contributed by atoms with Crippen molar-refractivity contribution in [3.8, 4) is 0 Å². The number of pyridine rings is 2. The minimum Gasteiger partial charge on any atom is -0.365 e. The van der Waals surface area contributed by atoms with Crippen LogP contribution in [0.3, 0.4) is 0 Å². The van der Waals surface area contributed by atoms with E-state index in [0.29, 0.717) is 0 Å². The quantitative estimate of drug-likeness (QED) is 0.713. The van der Waals surface area contributed by atoms with Crippen LogP contribution in [-0.4, -0.2) is 39.5 Å². The Morgan fingerprint density at radius 1 is 1.04 bits per heavy atom. The standard InChI is InChI=1S/C20H21N5S/c1-3-16(11-21-6-1)12-25-15-20(19-17(25)4-2-7-23-19)5-9-24(14-20)13-18-22-8-10-26-18/h1-4,6-8,10-11H,5,9,12-15H2. The van der Waals surface area contributed by atoms with Crippen molar-refractivity contribution in [2.24, 2.45) is 0 Å². The maximum Gasteiger partial charge on any atom is 0.107 e. The van der Waals surface area contributed by atoms with Crippen LogP contribution < -0.4 is 4.90 Å². The van der Waals surface area contributed by atoms with Crippen LogP contribution in [0.15, 0.2) is 54.4 Å². The van der Waals surface area contributed by atoms with Gasteiger partial charge in [-0.2, -0.15) is 0 Å². The molecule has 132 valence electrons. The maximum atomic E-state index is 4.82. The molecule has 2 aliphatic heterocycles. The van der Waals surface area contributed by atoms with E-state index in [-0.39, 0.29) is 5.41 Å². The number of likely N-dealkylation sites (tertiary alicyclic amines) is 1. The van der Waals surface area contributed by atoms with E-state index in [9.17, 15) is 0 Å². The Kier molecular flexibility index (Phi) is 3.94. The van der Waals surface area contributed by atoms with Gasteiger partial charge in [0.05, 0.1) is 17.9 Å². The fourth-order valence-corrected chi connectivity index (χ4v) is 5.03. The van der Waals surface area contributed by atoms with Crippen molar-refractivity contribution >= 4 is 17.0 Å². The normalized spacial score (nSPS) is 22.2. The first-order chi connectivity index (χ1) is 12.8. The Morgan fingerprint density at radius 2 is 2.00 bits per heavy atom. The highest BCUT2D eigenvalue weighted by molar-refractivity contribution is 7.09. The molecule has 0 aliphatic carbocycles. The highest BCUT2D eigenvalue weighted by Crippen LogP contribution is 2.45. The van der Waals surface area contributed by atoms with E-state index in [1.54, 1.807) is 11.3 Å². The summed E-state index contributed by atoms with van der Waals surface area (Å²) in [5, 5.41) is 3.26. The number of rotatable bonds is 4. The van der Waals surface area contributed by atoms with Crippen molar-refractivity contribution in [1.82, 2.24) is 19.9 Å². The van der Waals surface area contributed by atoms with Gasteiger partial charge >= 0.3 is 0 Å². The third kappa shape index (κ3) is 2.79. The fraction of sp³-hybridized carbons (Fsp3) is 0.350. The summed E-state index contributed by atoms with van der Waals surface area (Å²) in [6.07, 6.45) is 8.79. The van der Waals surface area contributed by atoms with E-state index in [1.807, 2.05) is 30.9 Å². The average Bonchev–Trinajstić information content (AvgIpc) is 3.39. The number of fused-ring (bicyclic) bond motifs is 2. The van der Waals surface area contributed by atoms with Gasteiger partial charge in [-0.3, -0.25) is 14.9 Å². The van der Waals surface area contributed by atoms with Crippen molar-refractivity contribution in [3.05, 3.63) is 70.7 Å². The largest absolute Gasteiger partial charge is 0.365 e. The van der Waals surface area contributed by atoms with E-state index in [2.05, 4.69) is 43.3 Å². The third-order valence-electron chi connectivity index (χ3n) is 5.49. The number of hydrogen-bond acceptors (Lipinski definition) is 6. The summed E-state index contributed by atoms with van der Waals surface area (Å²) >= 11 is 1.74. The Hall–Kier alpha value is -2.31. The summed E-state index contributed by atoms with van der Waals surface area (Å²) in [4.78, 5) is 18.6. The maximum absolute atomic E-state index is 4.82. The van der Waals surface area contributed by atoms with Crippen LogP contribution in [-0.2, 0) is 18.5 Å². The van der Waals surface area contributed by atoms with E-state index < -0.39 is 0 Å². The molecule has 2 aliphatic rings. The molecule has 1 fully saturated rings.